The maximum absolute atomic E-state index is 13.1. The number of hydrogen-bond acceptors (Lipinski definition) is 7. The Morgan fingerprint density at radius 2 is 1.76 bits per heavy atom. The van der Waals surface area contributed by atoms with Crippen LogP contribution < -0.4 is 25.0 Å². The summed E-state index contributed by atoms with van der Waals surface area (Å²) in [5.41, 5.74) is 7.54. The van der Waals surface area contributed by atoms with Crippen LogP contribution >= 0.6 is 0 Å². The van der Waals surface area contributed by atoms with Crippen LogP contribution in [0.3, 0.4) is 0 Å². The molecule has 0 saturated heterocycles. The molecule has 0 saturated carbocycles. The molecule has 3 aliphatic rings. The highest BCUT2D eigenvalue weighted by molar-refractivity contribution is 5.85. The zero-order valence-corrected chi connectivity index (χ0v) is 27.0. The average Bonchev–Trinajstić information content (AvgIpc) is 3.04. The van der Waals surface area contributed by atoms with Gasteiger partial charge in [-0.05, 0) is 105 Å². The molecule has 9 nitrogen and oxygen atoms in total. The van der Waals surface area contributed by atoms with Crippen molar-refractivity contribution >= 4 is 17.7 Å². The number of carbonyl (C=O) groups excluding carboxylic acids is 2. The van der Waals surface area contributed by atoms with Crippen LogP contribution in [0.4, 0.5) is 10.5 Å². The van der Waals surface area contributed by atoms with Crippen LogP contribution in [0.15, 0.2) is 42.5 Å². The van der Waals surface area contributed by atoms with Crippen LogP contribution in [0.2, 0.25) is 0 Å². The van der Waals surface area contributed by atoms with E-state index in [-0.39, 0.29) is 12.1 Å². The summed E-state index contributed by atoms with van der Waals surface area (Å²) in [4.78, 5) is 30.4. The Morgan fingerprint density at radius 3 is 2.56 bits per heavy atom. The number of benzene rings is 3. The highest BCUT2D eigenvalue weighted by atomic mass is 16.6. The molecule has 6 rings (SSSR count). The summed E-state index contributed by atoms with van der Waals surface area (Å²) in [6, 6.07) is 14.5. The second kappa shape index (κ2) is 12.3. The van der Waals surface area contributed by atoms with Gasteiger partial charge in [0.05, 0.1) is 0 Å². The highest BCUT2D eigenvalue weighted by Gasteiger charge is 2.40. The zero-order chi connectivity index (χ0) is 31.9. The molecule has 0 aromatic heterocycles. The first-order valence-electron chi connectivity index (χ1n) is 16.0. The van der Waals surface area contributed by atoms with Crippen LogP contribution in [0, 0.1) is 20.8 Å². The molecular weight excluding hydrogens is 568 g/mol. The number of aromatic hydroxyl groups is 1. The van der Waals surface area contributed by atoms with E-state index in [1.165, 1.54) is 11.1 Å². The van der Waals surface area contributed by atoms with Gasteiger partial charge in [0, 0.05) is 50.9 Å². The van der Waals surface area contributed by atoms with Gasteiger partial charge in [0.2, 0.25) is 0 Å². The van der Waals surface area contributed by atoms with E-state index in [9.17, 15) is 14.7 Å². The van der Waals surface area contributed by atoms with Crippen LogP contribution in [0.1, 0.15) is 71.3 Å². The van der Waals surface area contributed by atoms with Crippen molar-refractivity contribution in [2.45, 2.75) is 78.1 Å². The highest BCUT2D eigenvalue weighted by Crippen LogP contribution is 2.44. The fourth-order valence-corrected chi connectivity index (χ4v) is 7.04. The van der Waals surface area contributed by atoms with Crippen molar-refractivity contribution in [2.24, 2.45) is 0 Å². The smallest absolute Gasteiger partial charge is 0.412 e. The summed E-state index contributed by atoms with van der Waals surface area (Å²) < 4.78 is 11.9. The van der Waals surface area contributed by atoms with Crippen LogP contribution in [0.5, 0.6) is 17.2 Å². The molecule has 2 atom stereocenters. The first-order valence-corrected chi connectivity index (χ1v) is 16.0. The van der Waals surface area contributed by atoms with Gasteiger partial charge in [-0.2, -0.15) is 0 Å². The van der Waals surface area contributed by atoms with E-state index in [0.717, 1.165) is 53.0 Å². The standard InChI is InChI=1S/C36H44N4O5/c1-22-23(2)32-28(24(3)31(22)41)14-16-36(4,45-32)34(42)37-17-8-9-18-38-35(43)44-27-12-13-30-26(20-27)21-40-19-15-25-10-6-7-11-29(25)33(40)39(30)5/h6-7,10-13,20,33,41H,8-9,14-19,21H2,1-5H3,(H,37,42)(H,38,43). The Bertz CT molecular complexity index is 1640. The minimum atomic E-state index is -0.973. The van der Waals surface area contributed by atoms with E-state index in [1.807, 2.05) is 45.9 Å². The van der Waals surface area contributed by atoms with E-state index < -0.39 is 11.7 Å². The van der Waals surface area contributed by atoms with Gasteiger partial charge in [0.25, 0.3) is 5.91 Å². The number of nitrogens with zero attached hydrogens (tertiary/aromatic N) is 2. The molecule has 2 unspecified atom stereocenters. The number of rotatable bonds is 7. The molecule has 3 aromatic rings. The number of unbranched alkanes of at least 4 members (excludes halogenated alkanes) is 1. The van der Waals surface area contributed by atoms with Gasteiger partial charge in [-0.25, -0.2) is 4.79 Å². The lowest BCUT2D eigenvalue weighted by molar-refractivity contribution is -0.136. The van der Waals surface area contributed by atoms with E-state index in [0.29, 0.717) is 56.0 Å². The topological polar surface area (TPSA) is 103 Å². The third-order valence-corrected chi connectivity index (χ3v) is 9.89. The van der Waals surface area contributed by atoms with Crippen molar-refractivity contribution in [2.75, 3.05) is 31.6 Å². The van der Waals surface area contributed by atoms with E-state index in [4.69, 9.17) is 9.47 Å². The lowest BCUT2D eigenvalue weighted by Crippen LogP contribution is -2.51. The third-order valence-electron chi connectivity index (χ3n) is 9.89. The van der Waals surface area contributed by atoms with Gasteiger partial charge in [-0.15, -0.1) is 0 Å². The lowest BCUT2D eigenvalue weighted by atomic mass is 9.86. The number of hydrogen-bond donors (Lipinski definition) is 3. The number of fused-ring (bicyclic) bond motifs is 5. The molecule has 3 aromatic carbocycles. The van der Waals surface area contributed by atoms with Crippen molar-refractivity contribution in [3.05, 3.63) is 81.4 Å². The number of anilines is 1. The molecule has 3 heterocycles. The van der Waals surface area contributed by atoms with Crippen molar-refractivity contribution in [1.82, 2.24) is 15.5 Å². The number of phenolic OH excluding ortho intramolecular Hbond substituents is 1. The summed E-state index contributed by atoms with van der Waals surface area (Å²) in [5, 5.41) is 16.2. The molecule has 0 spiro atoms. The fourth-order valence-electron chi connectivity index (χ4n) is 7.04. The van der Waals surface area contributed by atoms with Crippen LogP contribution in [-0.2, 0) is 24.2 Å². The Hall–Kier alpha value is -4.24. The third kappa shape index (κ3) is 5.81. The molecule has 3 N–H and O–H groups in total. The monoisotopic (exact) mass is 612 g/mol. The lowest BCUT2D eigenvalue weighted by Gasteiger charge is -2.47. The molecule has 45 heavy (non-hydrogen) atoms. The maximum atomic E-state index is 13.1. The zero-order valence-electron chi connectivity index (χ0n) is 27.0. The van der Waals surface area contributed by atoms with Crippen LogP contribution in [0.25, 0.3) is 0 Å². The minimum Gasteiger partial charge on any atom is -0.507 e. The van der Waals surface area contributed by atoms with E-state index in [1.54, 1.807) is 0 Å². The summed E-state index contributed by atoms with van der Waals surface area (Å²) in [6.07, 6.45) is 3.36. The molecule has 2 amide bonds. The quantitative estimate of drug-likeness (QED) is 0.299. The number of amides is 2. The van der Waals surface area contributed by atoms with Crippen molar-refractivity contribution < 1.29 is 24.2 Å². The summed E-state index contributed by atoms with van der Waals surface area (Å²) in [6.45, 7) is 10.2. The predicted molar refractivity (Wildman–Crippen MR) is 174 cm³/mol. The summed E-state index contributed by atoms with van der Waals surface area (Å²) in [5.74, 6) is 1.39. The Balaban J connectivity index is 0.950. The average molecular weight is 613 g/mol. The number of carbonyl (C=O) groups is 2. The first-order chi connectivity index (χ1) is 21.6. The molecule has 0 radical (unpaired) electrons. The molecule has 9 heteroatoms. The van der Waals surface area contributed by atoms with Gasteiger partial charge in [-0.3, -0.25) is 9.69 Å². The number of nitrogens with one attached hydrogen (secondary N) is 2. The van der Waals surface area contributed by atoms with Crippen molar-refractivity contribution in [3.63, 3.8) is 0 Å². The van der Waals surface area contributed by atoms with Gasteiger partial charge in [0.15, 0.2) is 5.60 Å². The molecule has 238 valence electrons. The van der Waals surface area contributed by atoms with Crippen molar-refractivity contribution in [1.29, 1.82) is 0 Å². The second-order valence-electron chi connectivity index (χ2n) is 12.8. The van der Waals surface area contributed by atoms with Gasteiger partial charge < -0.3 is 30.1 Å². The first kappa shape index (κ1) is 30.8. The van der Waals surface area contributed by atoms with Crippen LogP contribution in [-0.4, -0.2) is 54.3 Å². The van der Waals surface area contributed by atoms with Gasteiger partial charge >= 0.3 is 6.09 Å². The fraction of sp³-hybridized carbons (Fsp3) is 0.444. The number of ether oxygens (including phenoxy) is 2. The molecule has 3 aliphatic heterocycles. The largest absolute Gasteiger partial charge is 0.507 e. The Kier molecular flexibility index (Phi) is 8.39. The Morgan fingerprint density at radius 1 is 1.00 bits per heavy atom. The Labute approximate surface area is 265 Å². The SMILES string of the molecule is Cc1c(C)c2c(c(C)c1O)CCC(C)(C(=O)NCCCCNC(=O)Oc1ccc3c(c1)CN1CCc4ccccc4C1N3C)O2. The molecule has 0 bridgehead atoms. The minimum absolute atomic E-state index is 0.151. The number of phenols is 1. The maximum Gasteiger partial charge on any atom is 0.412 e. The van der Waals surface area contributed by atoms with Crippen molar-refractivity contribution in [3.8, 4) is 17.2 Å². The second-order valence-corrected chi connectivity index (χ2v) is 12.8. The molecular formula is C36H44N4O5. The normalized spacial score (nSPS) is 20.2. The van der Waals surface area contributed by atoms with E-state index >= 15 is 0 Å². The predicted octanol–water partition coefficient (Wildman–Crippen LogP) is 5.59. The van der Waals surface area contributed by atoms with Gasteiger partial charge in [0.1, 0.15) is 23.4 Å². The van der Waals surface area contributed by atoms with Gasteiger partial charge in [-0.1, -0.05) is 24.3 Å². The molecule has 0 fully saturated rings. The van der Waals surface area contributed by atoms with E-state index in [2.05, 4.69) is 51.7 Å². The summed E-state index contributed by atoms with van der Waals surface area (Å²) >= 11 is 0. The molecule has 0 aliphatic carbocycles. The summed E-state index contributed by atoms with van der Waals surface area (Å²) in [7, 11) is 2.13.